The van der Waals surface area contributed by atoms with E-state index in [1.54, 1.807) is 18.5 Å². The summed E-state index contributed by atoms with van der Waals surface area (Å²) in [6.45, 7) is 0.533. The molecule has 0 saturated carbocycles. The number of primary sulfonamides is 1. The molecule has 6 nitrogen and oxygen atoms in total. The highest BCUT2D eigenvalue weighted by molar-refractivity contribution is 7.89. The normalized spacial score (nSPS) is 20.9. The van der Waals surface area contributed by atoms with Gasteiger partial charge in [-0.2, -0.15) is 0 Å². The van der Waals surface area contributed by atoms with Crippen LogP contribution in [0.4, 0.5) is 0 Å². The van der Waals surface area contributed by atoms with Gasteiger partial charge in [0.1, 0.15) is 5.25 Å². The Labute approximate surface area is 99.5 Å². The summed E-state index contributed by atoms with van der Waals surface area (Å²) in [7, 11) is -3.64. The first-order valence-electron chi connectivity index (χ1n) is 5.15. The van der Waals surface area contributed by atoms with Gasteiger partial charge in [0.05, 0.1) is 0 Å². The van der Waals surface area contributed by atoms with Crippen LogP contribution in [0.2, 0.25) is 0 Å². The zero-order valence-corrected chi connectivity index (χ0v) is 9.93. The summed E-state index contributed by atoms with van der Waals surface area (Å²) in [6, 6.07) is 3.61. The standard InChI is InChI=1S/C10H13N3O3S/c11-17(15,16)9-4-10(14)13(7-9)6-8-2-1-3-12-5-8/h1-3,5,9H,4,6-7H2,(H2,11,15,16). The molecule has 1 fully saturated rings. The van der Waals surface area contributed by atoms with Crippen molar-refractivity contribution in [1.82, 2.24) is 9.88 Å². The summed E-state index contributed by atoms with van der Waals surface area (Å²) < 4.78 is 22.3. The molecule has 0 aliphatic carbocycles. The average molecular weight is 255 g/mol. The Morgan fingerprint density at radius 2 is 2.29 bits per heavy atom. The number of likely N-dealkylation sites (tertiary alicyclic amines) is 1. The van der Waals surface area contributed by atoms with Gasteiger partial charge in [-0.05, 0) is 11.6 Å². The second kappa shape index (κ2) is 4.42. The lowest BCUT2D eigenvalue weighted by Gasteiger charge is -2.15. The molecule has 1 aromatic heterocycles. The molecule has 0 aromatic carbocycles. The summed E-state index contributed by atoms with van der Waals surface area (Å²) in [5.41, 5.74) is 0.871. The van der Waals surface area contributed by atoms with Crippen LogP contribution in [0.15, 0.2) is 24.5 Å². The van der Waals surface area contributed by atoms with Crippen LogP contribution in [-0.2, 0) is 21.4 Å². The van der Waals surface area contributed by atoms with Gasteiger partial charge >= 0.3 is 0 Å². The summed E-state index contributed by atoms with van der Waals surface area (Å²) in [6.07, 6.45) is 3.26. The van der Waals surface area contributed by atoms with Crippen LogP contribution in [0.1, 0.15) is 12.0 Å². The zero-order valence-electron chi connectivity index (χ0n) is 9.11. The summed E-state index contributed by atoms with van der Waals surface area (Å²) in [4.78, 5) is 17.1. The van der Waals surface area contributed by atoms with E-state index in [2.05, 4.69) is 4.98 Å². The number of aromatic nitrogens is 1. The highest BCUT2D eigenvalue weighted by Gasteiger charge is 2.36. The largest absolute Gasteiger partial charge is 0.337 e. The van der Waals surface area contributed by atoms with E-state index in [0.29, 0.717) is 6.54 Å². The van der Waals surface area contributed by atoms with Crippen molar-refractivity contribution in [3.8, 4) is 0 Å². The molecule has 0 radical (unpaired) electrons. The Kier molecular flexibility index (Phi) is 3.12. The highest BCUT2D eigenvalue weighted by atomic mass is 32.2. The average Bonchev–Trinajstić information content (AvgIpc) is 2.62. The quantitative estimate of drug-likeness (QED) is 0.785. The number of hydrogen-bond acceptors (Lipinski definition) is 4. The van der Waals surface area contributed by atoms with E-state index >= 15 is 0 Å². The van der Waals surface area contributed by atoms with Crippen molar-refractivity contribution in [2.75, 3.05) is 6.54 Å². The fraction of sp³-hybridized carbons (Fsp3) is 0.400. The van der Waals surface area contributed by atoms with Crippen molar-refractivity contribution in [3.05, 3.63) is 30.1 Å². The lowest BCUT2D eigenvalue weighted by molar-refractivity contribution is -0.128. The fourth-order valence-electron chi connectivity index (χ4n) is 1.82. The minimum Gasteiger partial charge on any atom is -0.337 e. The first-order chi connectivity index (χ1) is 7.97. The van der Waals surface area contributed by atoms with E-state index in [-0.39, 0.29) is 18.9 Å². The Balaban J connectivity index is 2.07. The Bertz CT molecular complexity index is 515. The van der Waals surface area contributed by atoms with E-state index in [4.69, 9.17) is 5.14 Å². The molecular formula is C10H13N3O3S. The van der Waals surface area contributed by atoms with Crippen molar-refractivity contribution in [2.45, 2.75) is 18.2 Å². The fourth-order valence-corrected chi connectivity index (χ4v) is 2.58. The molecule has 17 heavy (non-hydrogen) atoms. The van der Waals surface area contributed by atoms with Crippen LogP contribution >= 0.6 is 0 Å². The van der Waals surface area contributed by atoms with Crippen LogP contribution in [-0.4, -0.2) is 36.0 Å². The third-order valence-electron chi connectivity index (χ3n) is 2.74. The predicted molar refractivity (Wildman–Crippen MR) is 61.2 cm³/mol. The molecule has 2 rings (SSSR count). The number of nitrogens with two attached hydrogens (primary N) is 1. The molecule has 1 aromatic rings. The van der Waals surface area contributed by atoms with E-state index in [1.807, 2.05) is 6.07 Å². The van der Waals surface area contributed by atoms with Crippen molar-refractivity contribution in [2.24, 2.45) is 5.14 Å². The van der Waals surface area contributed by atoms with Gasteiger partial charge < -0.3 is 4.90 Å². The third-order valence-corrected chi connectivity index (χ3v) is 3.98. The van der Waals surface area contributed by atoms with Gasteiger partial charge in [0, 0.05) is 31.9 Å². The molecule has 7 heteroatoms. The molecule has 1 saturated heterocycles. The van der Waals surface area contributed by atoms with Crippen LogP contribution < -0.4 is 5.14 Å². The molecule has 1 atom stereocenters. The number of rotatable bonds is 3. The molecule has 2 N–H and O–H groups in total. The number of sulfonamides is 1. The number of nitrogens with zero attached hydrogens (tertiary/aromatic N) is 2. The van der Waals surface area contributed by atoms with Crippen LogP contribution in [0.3, 0.4) is 0 Å². The van der Waals surface area contributed by atoms with Gasteiger partial charge in [-0.3, -0.25) is 9.78 Å². The highest BCUT2D eigenvalue weighted by Crippen LogP contribution is 2.18. The minimum absolute atomic E-state index is 0.0287. The maximum Gasteiger partial charge on any atom is 0.224 e. The van der Waals surface area contributed by atoms with Gasteiger partial charge in [-0.25, -0.2) is 13.6 Å². The van der Waals surface area contributed by atoms with Gasteiger partial charge in [-0.1, -0.05) is 6.07 Å². The number of amides is 1. The van der Waals surface area contributed by atoms with Crippen molar-refractivity contribution in [3.63, 3.8) is 0 Å². The molecule has 0 bridgehead atoms. The lowest BCUT2D eigenvalue weighted by atomic mass is 10.3. The van der Waals surface area contributed by atoms with E-state index in [0.717, 1.165) is 5.56 Å². The predicted octanol–water partition coefficient (Wildman–Crippen LogP) is -0.529. The third kappa shape index (κ3) is 2.80. The Morgan fingerprint density at radius 3 is 2.82 bits per heavy atom. The molecule has 1 amide bonds. The Hall–Kier alpha value is -1.47. The molecule has 2 heterocycles. The number of pyridine rings is 1. The van der Waals surface area contributed by atoms with E-state index in [9.17, 15) is 13.2 Å². The molecule has 1 aliphatic heterocycles. The number of carbonyl (C=O) groups excluding carboxylic acids is 1. The molecular weight excluding hydrogens is 242 g/mol. The van der Waals surface area contributed by atoms with E-state index in [1.165, 1.54) is 4.90 Å². The maximum atomic E-state index is 11.6. The van der Waals surface area contributed by atoms with Crippen molar-refractivity contribution >= 4 is 15.9 Å². The maximum absolute atomic E-state index is 11.6. The van der Waals surface area contributed by atoms with Crippen LogP contribution in [0.5, 0.6) is 0 Å². The smallest absolute Gasteiger partial charge is 0.224 e. The zero-order chi connectivity index (χ0) is 12.5. The van der Waals surface area contributed by atoms with Gasteiger partial charge in [0.2, 0.25) is 15.9 Å². The summed E-state index contributed by atoms with van der Waals surface area (Å²) >= 11 is 0. The topological polar surface area (TPSA) is 93.4 Å². The molecule has 0 spiro atoms. The van der Waals surface area contributed by atoms with Gasteiger partial charge in [-0.15, -0.1) is 0 Å². The van der Waals surface area contributed by atoms with Crippen molar-refractivity contribution < 1.29 is 13.2 Å². The first kappa shape index (κ1) is 12.0. The first-order valence-corrected chi connectivity index (χ1v) is 6.76. The summed E-state index contributed by atoms with van der Waals surface area (Å²) in [5.74, 6) is -0.187. The Morgan fingerprint density at radius 1 is 1.53 bits per heavy atom. The summed E-state index contributed by atoms with van der Waals surface area (Å²) in [5, 5.41) is 4.25. The second-order valence-corrected chi connectivity index (χ2v) is 5.90. The second-order valence-electron chi connectivity index (χ2n) is 4.05. The van der Waals surface area contributed by atoms with Crippen LogP contribution in [0, 0.1) is 0 Å². The van der Waals surface area contributed by atoms with Crippen molar-refractivity contribution in [1.29, 1.82) is 0 Å². The molecule has 1 unspecified atom stereocenters. The minimum atomic E-state index is -3.64. The lowest BCUT2D eigenvalue weighted by Crippen LogP contribution is -2.31. The molecule has 1 aliphatic rings. The van der Waals surface area contributed by atoms with Crippen LogP contribution in [0.25, 0.3) is 0 Å². The monoisotopic (exact) mass is 255 g/mol. The van der Waals surface area contributed by atoms with Gasteiger partial charge in [0.15, 0.2) is 0 Å². The van der Waals surface area contributed by atoms with Gasteiger partial charge in [0.25, 0.3) is 0 Å². The number of hydrogen-bond donors (Lipinski definition) is 1. The SMILES string of the molecule is NS(=O)(=O)C1CC(=O)N(Cc2cccnc2)C1. The number of carbonyl (C=O) groups is 1. The molecule has 92 valence electrons. The van der Waals surface area contributed by atoms with E-state index < -0.39 is 15.3 Å².